The number of nitrogens with zero attached hydrogens (tertiary/aromatic N) is 2. The minimum Gasteiger partial charge on any atom is -0.476 e. The van der Waals surface area contributed by atoms with E-state index in [0.717, 1.165) is 36.8 Å². The van der Waals surface area contributed by atoms with Gasteiger partial charge in [-0.1, -0.05) is 208 Å². The van der Waals surface area contributed by atoms with E-state index in [-0.39, 0.29) is 5.41 Å². The first kappa shape index (κ1) is 45.8. The fourth-order valence-electron chi connectivity index (χ4n) is 9.13. The molecule has 1 aliphatic carbocycles. The zero-order valence-electron chi connectivity index (χ0n) is 38.6. The number of benzene rings is 4. The first-order valence-corrected chi connectivity index (χ1v) is 24.2. The number of unbranched alkanes of at least 4 members (excludes halogenated alkanes) is 12. The van der Waals surface area contributed by atoms with E-state index >= 15 is 0 Å². The lowest BCUT2D eigenvalue weighted by molar-refractivity contribution is 0.272. The van der Waals surface area contributed by atoms with Gasteiger partial charge in [-0.25, -0.2) is 9.97 Å². The minimum absolute atomic E-state index is 0.0618. The first-order valence-electron chi connectivity index (χ1n) is 24.2. The molecule has 4 aromatic carbocycles. The summed E-state index contributed by atoms with van der Waals surface area (Å²) in [6.07, 6.45) is 25.9. The van der Waals surface area contributed by atoms with Crippen LogP contribution in [0.4, 0.5) is 0 Å². The van der Waals surface area contributed by atoms with Crippen molar-refractivity contribution in [1.82, 2.24) is 9.97 Å². The van der Waals surface area contributed by atoms with E-state index in [2.05, 4.69) is 139 Å². The van der Waals surface area contributed by atoms with Crippen molar-refractivity contribution in [3.8, 4) is 34.0 Å². The summed E-state index contributed by atoms with van der Waals surface area (Å²) in [6.45, 7) is 14.7. The highest BCUT2D eigenvalue weighted by molar-refractivity contribution is 5.84. The van der Waals surface area contributed by atoms with Crippen LogP contribution in [0.25, 0.3) is 34.4 Å². The number of aryl methyl sites for hydroxylation is 2. The quantitative estimate of drug-likeness (QED) is 0.0550. The van der Waals surface area contributed by atoms with Crippen LogP contribution in [0.3, 0.4) is 0 Å². The molecule has 1 heterocycles. The largest absolute Gasteiger partial charge is 0.476 e. The topological polar surface area (TPSA) is 44.2 Å². The number of hydrogen-bond donors (Lipinski definition) is 0. The van der Waals surface area contributed by atoms with Crippen LogP contribution >= 0.6 is 0 Å². The molecule has 0 amide bonds. The average Bonchev–Trinajstić information content (AvgIpc) is 3.53. The Morgan fingerprint density at radius 2 is 0.869 bits per heavy atom. The van der Waals surface area contributed by atoms with Crippen LogP contribution < -0.4 is 20.2 Å². The number of fused-ring (bicyclic) bond motifs is 3. The summed E-state index contributed by atoms with van der Waals surface area (Å²) < 4.78 is 12.9. The second kappa shape index (κ2) is 23.5. The summed E-state index contributed by atoms with van der Waals surface area (Å²) in [4.78, 5) is 10.3. The smallest absolute Gasteiger partial charge is 0.240 e. The van der Waals surface area contributed by atoms with Gasteiger partial charge in [-0.05, 0) is 102 Å². The number of rotatable bonds is 25. The van der Waals surface area contributed by atoms with Crippen LogP contribution in [0.15, 0.2) is 84.9 Å². The fraction of sp³-hybridized carbons (Fsp3) is 0.474. The Morgan fingerprint density at radius 3 is 1.38 bits per heavy atom. The average molecular weight is 819 g/mol. The van der Waals surface area contributed by atoms with Gasteiger partial charge >= 0.3 is 0 Å². The Balaban J connectivity index is 1.37. The lowest BCUT2D eigenvalue weighted by atomic mass is 9.70. The molecular formula is C57H74N2O2. The summed E-state index contributed by atoms with van der Waals surface area (Å²) in [7, 11) is 0. The molecular weight excluding hydrogens is 745 g/mol. The van der Waals surface area contributed by atoms with Gasteiger partial charge in [0, 0.05) is 5.41 Å². The molecule has 0 fully saturated rings. The number of aromatic nitrogens is 2. The van der Waals surface area contributed by atoms with Crippen LogP contribution in [-0.4, -0.2) is 23.2 Å². The van der Waals surface area contributed by atoms with Gasteiger partial charge < -0.3 is 9.47 Å². The monoisotopic (exact) mass is 819 g/mol. The van der Waals surface area contributed by atoms with Crippen LogP contribution in [-0.2, 0) is 5.41 Å². The van der Waals surface area contributed by atoms with Crippen molar-refractivity contribution in [1.29, 1.82) is 0 Å². The van der Waals surface area contributed by atoms with Crippen molar-refractivity contribution >= 4 is 12.2 Å². The van der Waals surface area contributed by atoms with Crippen molar-refractivity contribution in [3.05, 3.63) is 129 Å². The van der Waals surface area contributed by atoms with E-state index in [9.17, 15) is 0 Å². The Labute approximate surface area is 369 Å². The third-order valence-electron chi connectivity index (χ3n) is 12.7. The van der Waals surface area contributed by atoms with E-state index in [1.807, 2.05) is 0 Å². The van der Waals surface area contributed by atoms with Crippen molar-refractivity contribution in [2.24, 2.45) is 0 Å². The Morgan fingerprint density at radius 1 is 0.443 bits per heavy atom. The summed E-state index contributed by atoms with van der Waals surface area (Å²) >= 11 is 0. The molecule has 0 atom stereocenters. The van der Waals surface area contributed by atoms with Gasteiger partial charge in [-0.15, -0.1) is 0 Å². The highest BCUT2D eigenvalue weighted by Crippen LogP contribution is 2.55. The molecule has 0 radical (unpaired) electrons. The van der Waals surface area contributed by atoms with Crippen LogP contribution in [0.2, 0.25) is 0 Å². The molecule has 1 aliphatic rings. The van der Waals surface area contributed by atoms with Crippen molar-refractivity contribution in [2.45, 2.75) is 163 Å². The van der Waals surface area contributed by atoms with E-state index in [0.29, 0.717) is 35.7 Å². The normalized spacial score (nSPS) is 13.4. The van der Waals surface area contributed by atoms with Gasteiger partial charge in [-0.2, -0.15) is 0 Å². The lowest BCUT2D eigenvalue weighted by Crippen LogP contribution is -2.26. The molecule has 4 nitrogen and oxygen atoms in total. The molecule has 1 aromatic heterocycles. The van der Waals surface area contributed by atoms with Crippen LogP contribution in [0, 0.1) is 13.8 Å². The van der Waals surface area contributed by atoms with Gasteiger partial charge in [0.2, 0.25) is 11.8 Å². The molecule has 0 bridgehead atoms. The molecule has 6 rings (SSSR count). The zero-order chi connectivity index (χ0) is 42.9. The maximum absolute atomic E-state index is 6.46. The fourth-order valence-corrected chi connectivity index (χ4v) is 9.13. The molecule has 0 saturated carbocycles. The van der Waals surface area contributed by atoms with Crippen molar-refractivity contribution in [2.75, 3.05) is 13.2 Å². The third kappa shape index (κ3) is 12.2. The van der Waals surface area contributed by atoms with Gasteiger partial charge in [0.1, 0.15) is 10.7 Å². The van der Waals surface area contributed by atoms with Gasteiger partial charge in [0.15, 0.2) is 0 Å². The molecule has 4 heteroatoms. The minimum atomic E-state index is 0.0618. The summed E-state index contributed by atoms with van der Waals surface area (Å²) in [5.41, 5.74) is 13.3. The van der Waals surface area contributed by atoms with Crippen LogP contribution in [0.1, 0.15) is 177 Å². The summed E-state index contributed by atoms with van der Waals surface area (Å²) in [5, 5.41) is 1.41. The maximum Gasteiger partial charge on any atom is 0.240 e. The van der Waals surface area contributed by atoms with Crippen molar-refractivity contribution < 1.29 is 9.47 Å². The van der Waals surface area contributed by atoms with Gasteiger partial charge in [-0.3, -0.25) is 0 Å². The molecule has 0 saturated heterocycles. The second-order valence-corrected chi connectivity index (χ2v) is 17.8. The molecule has 61 heavy (non-hydrogen) atoms. The Kier molecular flexibility index (Phi) is 17.6. The van der Waals surface area contributed by atoms with Crippen molar-refractivity contribution in [3.63, 3.8) is 0 Å². The van der Waals surface area contributed by atoms with Crippen LogP contribution in [0.5, 0.6) is 11.8 Å². The highest BCUT2D eigenvalue weighted by Gasteiger charge is 2.42. The molecule has 0 aliphatic heterocycles. The summed E-state index contributed by atoms with van der Waals surface area (Å²) in [6, 6.07) is 32.0. The third-order valence-corrected chi connectivity index (χ3v) is 12.7. The van der Waals surface area contributed by atoms with E-state index in [1.54, 1.807) is 5.56 Å². The predicted octanol–water partition coefficient (Wildman–Crippen LogP) is 14.5. The Hall–Kier alpha value is -4.70. The molecule has 324 valence electrons. The Bertz CT molecular complexity index is 2230. The SMILES string of the molecule is CCCCCCOc1n/c(=C\c2ccc(-c3ccc4c(c3)C(CCCCCC)(CCCCCC)c3cc(C)ccc3-4)cc2)c(OCCCCCC)n/c1=C\c1ccc(C)cc1. The van der Waals surface area contributed by atoms with E-state index in [4.69, 9.17) is 19.4 Å². The second-order valence-electron chi connectivity index (χ2n) is 17.8. The standard InChI is InChI=1S/C57H74N2O2/c1-7-11-15-19-35-57(36-20-16-12-8-2)51-39-44(6)25-33-49(51)50-34-32-48(42-52(50)57)47-30-28-46(29-31-47)41-54-56(61-38-22-18-14-10-4)58-53(40-45-26-23-43(5)24-27-45)55(59-54)60-37-21-17-13-9-3/h23-34,39-42H,7-22,35-38H2,1-6H3/b53-40-,54-41-. The number of ether oxygens (including phenoxy) is 2. The first-order chi connectivity index (χ1) is 29.9. The zero-order valence-corrected chi connectivity index (χ0v) is 38.6. The van der Waals surface area contributed by atoms with Gasteiger partial charge in [0.25, 0.3) is 0 Å². The molecule has 5 aromatic rings. The maximum atomic E-state index is 6.46. The molecule has 0 N–H and O–H groups in total. The van der Waals surface area contributed by atoms with Gasteiger partial charge in [0.05, 0.1) is 13.2 Å². The summed E-state index contributed by atoms with van der Waals surface area (Å²) in [5.74, 6) is 1.11. The van der Waals surface area contributed by atoms with E-state index < -0.39 is 0 Å². The highest BCUT2D eigenvalue weighted by atomic mass is 16.5. The lowest BCUT2D eigenvalue weighted by Gasteiger charge is -2.33. The molecule has 0 spiro atoms. The van der Waals surface area contributed by atoms with E-state index in [1.165, 1.54) is 129 Å². The predicted molar refractivity (Wildman–Crippen MR) is 259 cm³/mol. The number of hydrogen-bond acceptors (Lipinski definition) is 4. The molecule has 0 unspecified atom stereocenters.